The molecule has 0 bridgehead atoms. The minimum atomic E-state index is -4.53. The van der Waals surface area contributed by atoms with Gasteiger partial charge in [0.25, 0.3) is 0 Å². The van der Waals surface area contributed by atoms with Gasteiger partial charge in [0.1, 0.15) is 11.6 Å². The lowest BCUT2D eigenvalue weighted by atomic mass is 10.3. The van der Waals surface area contributed by atoms with Crippen LogP contribution in [0.1, 0.15) is 45.4 Å². The van der Waals surface area contributed by atoms with Crippen LogP contribution >= 0.6 is 0 Å². The normalized spacial score (nSPS) is 15.1. The second kappa shape index (κ2) is 6.49. The van der Waals surface area contributed by atoms with E-state index in [1.54, 1.807) is 6.07 Å². The molecule has 0 aromatic carbocycles. The van der Waals surface area contributed by atoms with Crippen LogP contribution in [0.25, 0.3) is 0 Å². The summed E-state index contributed by atoms with van der Waals surface area (Å²) in [5.41, 5.74) is 0. The molecule has 0 radical (unpaired) electrons. The molecule has 7 heteroatoms. The molecule has 1 saturated carbocycles. The van der Waals surface area contributed by atoms with E-state index in [1.165, 1.54) is 0 Å². The maximum atomic E-state index is 12.9. The Morgan fingerprint density at radius 2 is 2.00 bits per heavy atom. The van der Waals surface area contributed by atoms with Gasteiger partial charge in [0.2, 0.25) is 5.82 Å². The van der Waals surface area contributed by atoms with Crippen LogP contribution in [-0.4, -0.2) is 29.1 Å². The zero-order valence-electron chi connectivity index (χ0n) is 12.4. The first-order chi connectivity index (χ1) is 9.95. The van der Waals surface area contributed by atoms with Crippen molar-refractivity contribution in [1.29, 1.82) is 0 Å². The molecule has 0 unspecified atom stereocenters. The van der Waals surface area contributed by atoms with Crippen molar-refractivity contribution in [3.63, 3.8) is 0 Å². The van der Waals surface area contributed by atoms with Gasteiger partial charge in [-0.05, 0) is 26.2 Å². The van der Waals surface area contributed by atoms with Crippen LogP contribution in [0.4, 0.5) is 24.8 Å². The Morgan fingerprint density at radius 1 is 1.29 bits per heavy atom. The van der Waals surface area contributed by atoms with Crippen LogP contribution < -0.4 is 10.2 Å². The lowest BCUT2D eigenvalue weighted by Crippen LogP contribution is -2.29. The molecule has 1 aromatic rings. The van der Waals surface area contributed by atoms with E-state index in [1.807, 2.05) is 11.8 Å². The number of hydrogen-bond donors (Lipinski definition) is 1. The molecule has 2 rings (SSSR count). The summed E-state index contributed by atoms with van der Waals surface area (Å²) in [6.45, 7) is 5.15. The highest BCUT2D eigenvalue weighted by Crippen LogP contribution is 2.34. The lowest BCUT2D eigenvalue weighted by Gasteiger charge is -2.24. The Labute approximate surface area is 122 Å². The number of aromatic nitrogens is 2. The molecule has 118 valence electrons. The number of hydrogen-bond acceptors (Lipinski definition) is 4. The number of anilines is 2. The third-order valence-corrected chi connectivity index (χ3v) is 3.36. The standard InChI is InChI=1S/C14H21F3N4/c1-3-5-8-21(10-6-7-10)12-9-11(18-4-2)19-13(20-12)14(15,16)17/h9-10H,3-8H2,1-2H3,(H,18,19,20). The molecule has 1 heterocycles. The summed E-state index contributed by atoms with van der Waals surface area (Å²) < 4.78 is 38.8. The first kappa shape index (κ1) is 15.9. The van der Waals surface area contributed by atoms with Crippen molar-refractivity contribution in [1.82, 2.24) is 9.97 Å². The van der Waals surface area contributed by atoms with Gasteiger partial charge >= 0.3 is 6.18 Å². The summed E-state index contributed by atoms with van der Waals surface area (Å²) in [6, 6.07) is 1.94. The van der Waals surface area contributed by atoms with Crippen LogP contribution in [0, 0.1) is 0 Å². The third kappa shape index (κ3) is 4.22. The van der Waals surface area contributed by atoms with Crippen molar-refractivity contribution in [2.75, 3.05) is 23.3 Å². The van der Waals surface area contributed by atoms with Crippen molar-refractivity contribution in [3.05, 3.63) is 11.9 Å². The fourth-order valence-electron chi connectivity index (χ4n) is 2.18. The number of alkyl halides is 3. The van der Waals surface area contributed by atoms with E-state index in [0.717, 1.165) is 32.2 Å². The summed E-state index contributed by atoms with van der Waals surface area (Å²) in [5, 5.41) is 2.85. The van der Waals surface area contributed by atoms with Gasteiger partial charge in [0, 0.05) is 25.2 Å². The van der Waals surface area contributed by atoms with E-state index in [0.29, 0.717) is 18.4 Å². The predicted molar refractivity (Wildman–Crippen MR) is 76.5 cm³/mol. The molecule has 1 aliphatic rings. The Kier molecular flexibility index (Phi) is 4.90. The van der Waals surface area contributed by atoms with Crippen molar-refractivity contribution >= 4 is 11.6 Å². The second-order valence-electron chi connectivity index (χ2n) is 5.24. The van der Waals surface area contributed by atoms with Crippen molar-refractivity contribution in [3.8, 4) is 0 Å². The number of nitrogens with one attached hydrogen (secondary N) is 1. The zero-order chi connectivity index (χ0) is 15.5. The molecule has 0 atom stereocenters. The van der Waals surface area contributed by atoms with Crippen LogP contribution in [0.3, 0.4) is 0 Å². The molecular weight excluding hydrogens is 281 g/mol. The summed E-state index contributed by atoms with van der Waals surface area (Å²) in [4.78, 5) is 9.30. The minimum Gasteiger partial charge on any atom is -0.370 e. The number of rotatable bonds is 7. The van der Waals surface area contributed by atoms with Gasteiger partial charge in [-0.25, -0.2) is 9.97 Å². The largest absolute Gasteiger partial charge is 0.451 e. The Balaban J connectivity index is 2.32. The van der Waals surface area contributed by atoms with E-state index >= 15 is 0 Å². The molecular formula is C14H21F3N4. The molecule has 1 aliphatic carbocycles. The average Bonchev–Trinajstić information content (AvgIpc) is 3.23. The molecule has 4 nitrogen and oxygen atoms in total. The molecule has 21 heavy (non-hydrogen) atoms. The number of unbranched alkanes of at least 4 members (excludes halogenated alkanes) is 1. The predicted octanol–water partition coefficient (Wildman–Crippen LogP) is 3.70. The molecule has 0 saturated heterocycles. The first-order valence-electron chi connectivity index (χ1n) is 7.42. The van der Waals surface area contributed by atoms with Gasteiger partial charge in [-0.3, -0.25) is 0 Å². The van der Waals surface area contributed by atoms with E-state index in [9.17, 15) is 13.2 Å². The van der Waals surface area contributed by atoms with Gasteiger partial charge in [0.15, 0.2) is 0 Å². The number of nitrogens with zero attached hydrogens (tertiary/aromatic N) is 3. The van der Waals surface area contributed by atoms with Crippen LogP contribution in [0.15, 0.2) is 6.07 Å². The van der Waals surface area contributed by atoms with Gasteiger partial charge in [-0.15, -0.1) is 0 Å². The van der Waals surface area contributed by atoms with Crippen molar-refractivity contribution < 1.29 is 13.2 Å². The molecule has 1 N–H and O–H groups in total. The van der Waals surface area contributed by atoms with Crippen LogP contribution in [0.2, 0.25) is 0 Å². The Hall–Kier alpha value is -1.53. The molecule has 0 amide bonds. The zero-order valence-corrected chi connectivity index (χ0v) is 12.4. The fraction of sp³-hybridized carbons (Fsp3) is 0.714. The first-order valence-corrected chi connectivity index (χ1v) is 7.42. The maximum absolute atomic E-state index is 12.9. The minimum absolute atomic E-state index is 0.233. The summed E-state index contributed by atoms with van der Waals surface area (Å²) in [7, 11) is 0. The lowest BCUT2D eigenvalue weighted by molar-refractivity contribution is -0.144. The monoisotopic (exact) mass is 302 g/mol. The van der Waals surface area contributed by atoms with Gasteiger partial charge < -0.3 is 10.2 Å². The second-order valence-corrected chi connectivity index (χ2v) is 5.24. The smallest absolute Gasteiger partial charge is 0.370 e. The average molecular weight is 302 g/mol. The highest BCUT2D eigenvalue weighted by molar-refractivity contribution is 5.51. The molecule has 1 fully saturated rings. The van der Waals surface area contributed by atoms with E-state index in [-0.39, 0.29) is 5.82 Å². The highest BCUT2D eigenvalue weighted by atomic mass is 19.4. The summed E-state index contributed by atoms with van der Waals surface area (Å²) in [6.07, 6.45) is -0.545. The number of halogens is 3. The van der Waals surface area contributed by atoms with Crippen molar-refractivity contribution in [2.45, 2.75) is 51.7 Å². The Bertz CT molecular complexity index is 472. The summed E-state index contributed by atoms with van der Waals surface area (Å²) >= 11 is 0. The van der Waals surface area contributed by atoms with Crippen LogP contribution in [0.5, 0.6) is 0 Å². The Morgan fingerprint density at radius 3 is 2.52 bits per heavy atom. The molecule has 0 aliphatic heterocycles. The van der Waals surface area contributed by atoms with E-state index in [2.05, 4.69) is 22.2 Å². The van der Waals surface area contributed by atoms with Gasteiger partial charge in [-0.1, -0.05) is 13.3 Å². The topological polar surface area (TPSA) is 41.0 Å². The summed E-state index contributed by atoms with van der Waals surface area (Å²) in [5.74, 6) is -0.459. The third-order valence-electron chi connectivity index (χ3n) is 3.36. The van der Waals surface area contributed by atoms with Gasteiger partial charge in [-0.2, -0.15) is 13.2 Å². The fourth-order valence-corrected chi connectivity index (χ4v) is 2.18. The van der Waals surface area contributed by atoms with Gasteiger partial charge in [0.05, 0.1) is 0 Å². The molecule has 0 spiro atoms. The highest BCUT2D eigenvalue weighted by Gasteiger charge is 2.37. The molecule has 1 aromatic heterocycles. The van der Waals surface area contributed by atoms with Crippen LogP contribution in [-0.2, 0) is 6.18 Å². The van der Waals surface area contributed by atoms with E-state index in [4.69, 9.17) is 0 Å². The quantitative estimate of drug-likeness (QED) is 0.834. The van der Waals surface area contributed by atoms with Crippen molar-refractivity contribution in [2.24, 2.45) is 0 Å². The maximum Gasteiger partial charge on any atom is 0.451 e. The SMILES string of the molecule is CCCCN(c1cc(NCC)nc(C(F)(F)F)n1)C1CC1. The van der Waals surface area contributed by atoms with E-state index < -0.39 is 12.0 Å².